The van der Waals surface area contributed by atoms with Crippen LogP contribution in [-0.4, -0.2) is 30.4 Å². The van der Waals surface area contributed by atoms with Gasteiger partial charge in [0.25, 0.3) is 0 Å². The number of rotatable bonds is 4. The van der Waals surface area contributed by atoms with Crippen molar-refractivity contribution in [2.75, 3.05) is 6.61 Å². The summed E-state index contributed by atoms with van der Waals surface area (Å²) in [5.74, 6) is -4.61. The zero-order valence-corrected chi connectivity index (χ0v) is 11.7. The molecule has 0 saturated carbocycles. The van der Waals surface area contributed by atoms with Gasteiger partial charge in [-0.3, -0.25) is 0 Å². The minimum atomic E-state index is -4.38. The Balaban J connectivity index is 0. The van der Waals surface area contributed by atoms with Gasteiger partial charge >= 0.3 is 12.4 Å². The zero-order chi connectivity index (χ0) is 16.7. The number of halogens is 6. The number of alkyl halides is 6. The highest BCUT2D eigenvalue weighted by Crippen LogP contribution is 2.31. The second-order valence-electron chi connectivity index (χ2n) is 5.02. The van der Waals surface area contributed by atoms with Crippen molar-refractivity contribution >= 4 is 6.29 Å². The number of carbonyl (C=O) groups excluding carboxylic acids is 1. The topological polar surface area (TPSA) is 37.3 Å². The fraction of sp³-hybridized carbons (Fsp3) is 0.917. The van der Waals surface area contributed by atoms with Crippen LogP contribution < -0.4 is 0 Å². The van der Waals surface area contributed by atoms with Gasteiger partial charge in [-0.2, -0.15) is 26.3 Å². The average molecular weight is 310 g/mol. The molecule has 0 amide bonds. The minimum absolute atomic E-state index is 0.0509. The van der Waals surface area contributed by atoms with Gasteiger partial charge in [-0.25, -0.2) is 0 Å². The third-order valence-corrected chi connectivity index (χ3v) is 2.66. The number of hydrogen-bond donors (Lipinski definition) is 1. The number of hydrogen-bond acceptors (Lipinski definition) is 2. The third-order valence-electron chi connectivity index (χ3n) is 2.66. The van der Waals surface area contributed by atoms with E-state index in [0.717, 1.165) is 0 Å². The molecular weight excluding hydrogens is 290 g/mol. The second-order valence-corrected chi connectivity index (χ2v) is 5.02. The Hall–Kier alpha value is -0.790. The molecule has 20 heavy (non-hydrogen) atoms. The van der Waals surface area contributed by atoms with Crippen LogP contribution >= 0.6 is 0 Å². The lowest BCUT2D eigenvalue weighted by molar-refractivity contribution is -0.195. The Morgan fingerprint density at radius 2 is 1.30 bits per heavy atom. The first kappa shape index (κ1) is 21.5. The van der Waals surface area contributed by atoms with E-state index in [9.17, 15) is 31.1 Å². The summed E-state index contributed by atoms with van der Waals surface area (Å²) in [6.45, 7) is 4.79. The normalized spacial score (nSPS) is 15.7. The molecule has 0 aliphatic rings. The van der Waals surface area contributed by atoms with Crippen molar-refractivity contribution in [3.8, 4) is 0 Å². The molecule has 0 rings (SSSR count). The van der Waals surface area contributed by atoms with Crippen molar-refractivity contribution in [2.45, 2.75) is 40.0 Å². The highest BCUT2D eigenvalue weighted by atomic mass is 19.4. The van der Waals surface area contributed by atoms with Gasteiger partial charge in [0.05, 0.1) is 12.5 Å². The maximum absolute atomic E-state index is 11.8. The van der Waals surface area contributed by atoms with Crippen LogP contribution in [0.3, 0.4) is 0 Å². The molecule has 0 heterocycles. The maximum atomic E-state index is 11.8. The first-order valence-electron chi connectivity index (χ1n) is 5.98. The van der Waals surface area contributed by atoms with Gasteiger partial charge in [0.15, 0.2) is 0 Å². The van der Waals surface area contributed by atoms with Crippen LogP contribution in [0.2, 0.25) is 0 Å². The van der Waals surface area contributed by atoms with Gasteiger partial charge in [0.1, 0.15) is 12.2 Å². The van der Waals surface area contributed by atoms with Gasteiger partial charge < -0.3 is 9.90 Å². The Morgan fingerprint density at radius 3 is 1.30 bits per heavy atom. The Morgan fingerprint density at radius 1 is 0.900 bits per heavy atom. The summed E-state index contributed by atoms with van der Waals surface area (Å²) >= 11 is 0. The van der Waals surface area contributed by atoms with Crippen LogP contribution in [-0.2, 0) is 4.79 Å². The molecule has 2 nitrogen and oxygen atoms in total. The van der Waals surface area contributed by atoms with Crippen molar-refractivity contribution in [3.05, 3.63) is 0 Å². The predicted molar refractivity (Wildman–Crippen MR) is 61.9 cm³/mol. The largest absolute Gasteiger partial charge is 0.398 e. The standard InChI is InChI=1S/C6H11F3O.C6H9F3O/c2*1-4(2)5(3-10)6(7,8)9/h4-5,10H,3H2,1-2H3;3-5H,1-2H3. The molecule has 1 N–H and O–H groups in total. The third kappa shape index (κ3) is 8.39. The monoisotopic (exact) mass is 310 g/mol. The highest BCUT2D eigenvalue weighted by molar-refractivity contribution is 5.55. The SMILES string of the molecule is CC(C)C(C=O)C(F)(F)F.CC(C)C(CO)C(F)(F)F. The summed E-state index contributed by atoms with van der Waals surface area (Å²) in [6.07, 6.45) is -8.69. The number of carbonyl (C=O) groups is 1. The number of aliphatic hydroxyl groups excluding tert-OH is 1. The summed E-state index contributed by atoms with van der Waals surface area (Å²) in [6, 6.07) is 0. The molecule has 0 saturated heterocycles. The van der Waals surface area contributed by atoms with Crippen LogP contribution in [0.4, 0.5) is 26.3 Å². The van der Waals surface area contributed by atoms with E-state index in [1.54, 1.807) is 0 Å². The van der Waals surface area contributed by atoms with E-state index in [-0.39, 0.29) is 6.29 Å². The number of aliphatic hydroxyl groups is 1. The van der Waals surface area contributed by atoms with Crippen molar-refractivity contribution in [3.63, 3.8) is 0 Å². The van der Waals surface area contributed by atoms with Crippen molar-refractivity contribution in [1.29, 1.82) is 0 Å². The van der Waals surface area contributed by atoms with Gasteiger partial charge in [-0.1, -0.05) is 27.7 Å². The summed E-state index contributed by atoms with van der Waals surface area (Å²) in [7, 11) is 0. The summed E-state index contributed by atoms with van der Waals surface area (Å²) in [5.41, 5.74) is 0. The highest BCUT2D eigenvalue weighted by Gasteiger charge is 2.41. The minimum Gasteiger partial charge on any atom is -0.396 e. The fourth-order valence-electron chi connectivity index (χ4n) is 1.30. The summed E-state index contributed by atoms with van der Waals surface area (Å²) in [5, 5.41) is 8.31. The van der Waals surface area contributed by atoms with Gasteiger partial charge in [0, 0.05) is 0 Å². The van der Waals surface area contributed by atoms with Crippen LogP contribution in [0.25, 0.3) is 0 Å². The Bertz CT molecular complexity index is 270. The summed E-state index contributed by atoms with van der Waals surface area (Å²) < 4.78 is 70.7. The molecule has 0 aliphatic carbocycles. The molecule has 0 aromatic heterocycles. The smallest absolute Gasteiger partial charge is 0.396 e. The fourth-order valence-corrected chi connectivity index (χ4v) is 1.30. The Labute approximate surface area is 114 Å². The molecule has 0 aromatic carbocycles. The summed E-state index contributed by atoms with van der Waals surface area (Å²) in [4.78, 5) is 9.87. The quantitative estimate of drug-likeness (QED) is 0.633. The van der Waals surface area contributed by atoms with Gasteiger partial charge in [0.2, 0.25) is 0 Å². The lowest BCUT2D eigenvalue weighted by atomic mass is 9.96. The molecule has 0 aliphatic heterocycles. The van der Waals surface area contributed by atoms with Crippen LogP contribution in [0.15, 0.2) is 0 Å². The van der Waals surface area contributed by atoms with E-state index < -0.39 is 42.6 Å². The molecule has 0 spiro atoms. The Kier molecular flexibility index (Phi) is 9.13. The van der Waals surface area contributed by atoms with Crippen LogP contribution in [0.1, 0.15) is 27.7 Å². The van der Waals surface area contributed by atoms with E-state index in [2.05, 4.69) is 0 Å². The van der Waals surface area contributed by atoms with Crippen molar-refractivity contribution in [2.24, 2.45) is 23.7 Å². The molecule has 0 bridgehead atoms. The predicted octanol–water partition coefficient (Wildman–Crippen LogP) is 3.83. The number of aldehydes is 1. The molecule has 0 radical (unpaired) electrons. The molecule has 0 fully saturated rings. The van der Waals surface area contributed by atoms with E-state index in [1.807, 2.05) is 0 Å². The molecule has 122 valence electrons. The maximum Gasteiger partial charge on any atom is 0.398 e. The molecule has 2 unspecified atom stereocenters. The first-order chi connectivity index (χ1) is 8.78. The van der Waals surface area contributed by atoms with E-state index in [4.69, 9.17) is 5.11 Å². The lowest BCUT2D eigenvalue weighted by Crippen LogP contribution is -2.30. The molecule has 8 heteroatoms. The van der Waals surface area contributed by atoms with Crippen molar-refractivity contribution in [1.82, 2.24) is 0 Å². The van der Waals surface area contributed by atoms with Crippen molar-refractivity contribution < 1.29 is 36.2 Å². The average Bonchev–Trinajstić information content (AvgIpc) is 2.13. The zero-order valence-electron chi connectivity index (χ0n) is 11.7. The lowest BCUT2D eigenvalue weighted by Gasteiger charge is -2.20. The van der Waals surface area contributed by atoms with Gasteiger partial charge in [-0.05, 0) is 11.8 Å². The first-order valence-corrected chi connectivity index (χ1v) is 5.98. The molecular formula is C12H20F6O2. The van der Waals surface area contributed by atoms with Crippen LogP contribution in [0, 0.1) is 23.7 Å². The van der Waals surface area contributed by atoms with Crippen LogP contribution in [0.5, 0.6) is 0 Å². The van der Waals surface area contributed by atoms with E-state index in [0.29, 0.717) is 0 Å². The van der Waals surface area contributed by atoms with Gasteiger partial charge in [-0.15, -0.1) is 0 Å². The van der Waals surface area contributed by atoms with E-state index >= 15 is 0 Å². The van der Waals surface area contributed by atoms with E-state index in [1.165, 1.54) is 27.7 Å². The molecule has 2 atom stereocenters. The second kappa shape index (κ2) is 8.49. The molecule has 0 aromatic rings.